The Hall–Kier alpha value is -2.55. The lowest BCUT2D eigenvalue weighted by atomic mass is 10.4. The highest BCUT2D eigenvalue weighted by Gasteiger charge is 2.16. The first kappa shape index (κ1) is 11.0. The van der Waals surface area contributed by atoms with Crippen molar-refractivity contribution >= 4 is 11.7 Å². The Balaban J connectivity index is 2.29. The highest BCUT2D eigenvalue weighted by Crippen LogP contribution is 2.15. The van der Waals surface area contributed by atoms with Crippen LogP contribution in [0.4, 0.5) is 5.82 Å². The van der Waals surface area contributed by atoms with E-state index < -0.39 is 5.91 Å². The van der Waals surface area contributed by atoms with E-state index in [1.807, 2.05) is 6.07 Å². The summed E-state index contributed by atoms with van der Waals surface area (Å²) in [7, 11) is 1.71. The Labute approximate surface area is 97.5 Å². The summed E-state index contributed by atoms with van der Waals surface area (Å²) in [5, 5.41) is 11.5. The Bertz CT molecular complexity index is 590. The van der Waals surface area contributed by atoms with Crippen molar-refractivity contribution in [1.82, 2.24) is 9.55 Å². The summed E-state index contributed by atoms with van der Waals surface area (Å²) < 4.78 is 6.56. The van der Waals surface area contributed by atoms with Crippen LogP contribution in [0.3, 0.4) is 0 Å². The fourth-order valence-electron chi connectivity index (χ4n) is 1.40. The molecule has 0 aliphatic heterocycles. The van der Waals surface area contributed by atoms with E-state index in [0.29, 0.717) is 11.5 Å². The second kappa shape index (κ2) is 4.14. The molecule has 1 N–H and O–H groups in total. The molecule has 0 saturated carbocycles. The normalized spacial score (nSPS) is 9.94. The van der Waals surface area contributed by atoms with Gasteiger partial charge in [-0.3, -0.25) is 4.79 Å². The maximum Gasteiger partial charge on any atom is 0.292 e. The lowest BCUT2D eigenvalue weighted by Crippen LogP contribution is -2.12. The highest BCUT2D eigenvalue weighted by molar-refractivity contribution is 6.02. The van der Waals surface area contributed by atoms with Gasteiger partial charge in [-0.2, -0.15) is 5.26 Å². The van der Waals surface area contributed by atoms with Crippen LogP contribution in [-0.2, 0) is 7.05 Å². The molecule has 2 rings (SSSR count). The zero-order valence-electron chi connectivity index (χ0n) is 9.39. The smallest absolute Gasteiger partial charge is 0.292 e. The number of imidazole rings is 1. The van der Waals surface area contributed by atoms with E-state index in [2.05, 4.69) is 10.3 Å². The molecule has 0 aliphatic carbocycles. The van der Waals surface area contributed by atoms with Gasteiger partial charge in [0.05, 0.1) is 6.26 Å². The van der Waals surface area contributed by atoms with Gasteiger partial charge < -0.3 is 14.3 Å². The van der Waals surface area contributed by atoms with Crippen molar-refractivity contribution in [3.63, 3.8) is 0 Å². The van der Waals surface area contributed by atoms with Gasteiger partial charge in [0.15, 0.2) is 17.3 Å². The van der Waals surface area contributed by atoms with Crippen molar-refractivity contribution in [2.45, 2.75) is 6.92 Å². The van der Waals surface area contributed by atoms with Crippen LogP contribution in [-0.4, -0.2) is 15.5 Å². The van der Waals surface area contributed by atoms with Crippen molar-refractivity contribution in [2.75, 3.05) is 5.32 Å². The van der Waals surface area contributed by atoms with E-state index in [0.717, 1.165) is 0 Å². The molecule has 0 aromatic carbocycles. The van der Waals surface area contributed by atoms with Crippen LogP contribution in [0.25, 0.3) is 0 Å². The molecule has 0 unspecified atom stereocenters. The predicted octanol–water partition coefficient (Wildman–Crippen LogP) is 1.45. The number of nitrogens with zero attached hydrogens (tertiary/aromatic N) is 3. The largest absolute Gasteiger partial charge is 0.459 e. The fraction of sp³-hybridized carbons (Fsp3) is 0.182. The van der Waals surface area contributed by atoms with E-state index in [9.17, 15) is 4.79 Å². The molecule has 0 fully saturated rings. The summed E-state index contributed by atoms with van der Waals surface area (Å²) in [5.74, 6) is 0.645. The van der Waals surface area contributed by atoms with Gasteiger partial charge in [-0.15, -0.1) is 0 Å². The second-order valence-electron chi connectivity index (χ2n) is 3.46. The van der Waals surface area contributed by atoms with Crippen LogP contribution in [0.15, 0.2) is 22.8 Å². The molecule has 2 heterocycles. The van der Waals surface area contributed by atoms with Crippen molar-refractivity contribution in [2.24, 2.45) is 7.05 Å². The number of carbonyl (C=O) groups excluding carboxylic acids is 1. The number of anilines is 1. The Kier molecular flexibility index (Phi) is 2.66. The number of nitrogens with one attached hydrogen (secondary N) is 1. The number of hydrogen-bond donors (Lipinski definition) is 1. The minimum atomic E-state index is -0.426. The summed E-state index contributed by atoms with van der Waals surface area (Å²) in [6, 6.07) is 5.14. The Morgan fingerprint density at radius 2 is 2.41 bits per heavy atom. The second-order valence-corrected chi connectivity index (χ2v) is 3.46. The SMILES string of the molecule is Cc1nc(NC(=O)c2ccco2)c(C#N)n1C. The molecule has 2 aromatic rings. The van der Waals surface area contributed by atoms with E-state index >= 15 is 0 Å². The molecule has 0 atom stereocenters. The number of hydrogen-bond acceptors (Lipinski definition) is 4. The number of rotatable bonds is 2. The molecule has 0 bridgehead atoms. The van der Waals surface area contributed by atoms with Gasteiger partial charge in [-0.25, -0.2) is 4.98 Å². The van der Waals surface area contributed by atoms with E-state index in [4.69, 9.17) is 9.68 Å². The minimum Gasteiger partial charge on any atom is -0.459 e. The molecular weight excluding hydrogens is 220 g/mol. The van der Waals surface area contributed by atoms with Gasteiger partial charge in [0.25, 0.3) is 5.91 Å². The zero-order valence-corrected chi connectivity index (χ0v) is 9.39. The van der Waals surface area contributed by atoms with Gasteiger partial charge in [-0.05, 0) is 19.1 Å². The average Bonchev–Trinajstić information content (AvgIpc) is 2.89. The maximum atomic E-state index is 11.7. The highest BCUT2D eigenvalue weighted by atomic mass is 16.3. The van der Waals surface area contributed by atoms with Crippen LogP contribution in [0.5, 0.6) is 0 Å². The first-order valence-electron chi connectivity index (χ1n) is 4.91. The van der Waals surface area contributed by atoms with Gasteiger partial charge >= 0.3 is 0 Å². The maximum absolute atomic E-state index is 11.7. The Morgan fingerprint density at radius 1 is 1.65 bits per heavy atom. The third kappa shape index (κ3) is 1.90. The van der Waals surface area contributed by atoms with Crippen LogP contribution in [0.2, 0.25) is 0 Å². The number of amides is 1. The average molecular weight is 230 g/mol. The van der Waals surface area contributed by atoms with E-state index in [1.54, 1.807) is 24.6 Å². The summed E-state index contributed by atoms with van der Waals surface area (Å²) in [5.41, 5.74) is 0.308. The van der Waals surface area contributed by atoms with Crippen molar-refractivity contribution in [3.05, 3.63) is 35.7 Å². The van der Waals surface area contributed by atoms with Crippen molar-refractivity contribution in [3.8, 4) is 6.07 Å². The molecule has 6 nitrogen and oxygen atoms in total. The molecule has 6 heteroatoms. The zero-order chi connectivity index (χ0) is 12.4. The topological polar surface area (TPSA) is 83.8 Å². The van der Waals surface area contributed by atoms with Gasteiger partial charge in [0.1, 0.15) is 11.9 Å². The van der Waals surface area contributed by atoms with Crippen LogP contribution >= 0.6 is 0 Å². The van der Waals surface area contributed by atoms with Crippen LogP contribution in [0, 0.1) is 18.3 Å². The fourth-order valence-corrected chi connectivity index (χ4v) is 1.40. The van der Waals surface area contributed by atoms with E-state index in [-0.39, 0.29) is 11.6 Å². The molecule has 0 radical (unpaired) electrons. The molecule has 86 valence electrons. The first-order chi connectivity index (χ1) is 8.13. The summed E-state index contributed by atoms with van der Waals surface area (Å²) in [6.45, 7) is 1.75. The molecule has 0 spiro atoms. The molecule has 1 amide bonds. The number of carbonyl (C=O) groups is 1. The standard InChI is InChI=1S/C11H10N4O2/c1-7-13-10(8(6-12)15(7)2)14-11(16)9-4-3-5-17-9/h3-5H,1-2H3,(H,14,16). The van der Waals surface area contributed by atoms with Gasteiger partial charge in [0.2, 0.25) is 0 Å². The molecule has 0 aliphatic rings. The Morgan fingerprint density at radius 3 is 3.00 bits per heavy atom. The van der Waals surface area contributed by atoms with Crippen LogP contribution in [0.1, 0.15) is 22.1 Å². The third-order valence-electron chi connectivity index (χ3n) is 2.40. The number of nitriles is 1. The summed E-state index contributed by atoms with van der Waals surface area (Å²) in [6.07, 6.45) is 1.41. The lowest BCUT2D eigenvalue weighted by Gasteiger charge is -1.99. The molecule has 17 heavy (non-hydrogen) atoms. The van der Waals surface area contributed by atoms with Gasteiger partial charge in [0, 0.05) is 7.05 Å². The van der Waals surface area contributed by atoms with E-state index in [1.165, 1.54) is 12.3 Å². The summed E-state index contributed by atoms with van der Waals surface area (Å²) in [4.78, 5) is 15.8. The summed E-state index contributed by atoms with van der Waals surface area (Å²) >= 11 is 0. The van der Waals surface area contributed by atoms with Crippen molar-refractivity contribution < 1.29 is 9.21 Å². The number of aryl methyl sites for hydroxylation is 1. The predicted molar refractivity (Wildman–Crippen MR) is 59.3 cm³/mol. The minimum absolute atomic E-state index is 0.178. The van der Waals surface area contributed by atoms with Crippen LogP contribution < -0.4 is 5.32 Å². The lowest BCUT2D eigenvalue weighted by molar-refractivity contribution is 0.0996. The monoisotopic (exact) mass is 230 g/mol. The number of furan rings is 1. The first-order valence-corrected chi connectivity index (χ1v) is 4.91. The molecular formula is C11H10N4O2. The van der Waals surface area contributed by atoms with Gasteiger partial charge in [-0.1, -0.05) is 0 Å². The molecule has 0 saturated heterocycles. The third-order valence-corrected chi connectivity index (χ3v) is 2.40. The quantitative estimate of drug-likeness (QED) is 0.846. The molecule has 2 aromatic heterocycles. The van der Waals surface area contributed by atoms with Crippen molar-refractivity contribution in [1.29, 1.82) is 5.26 Å². The number of aromatic nitrogens is 2.